The number of amides is 2. The molecule has 2 amide bonds. The van der Waals surface area contributed by atoms with Crippen LogP contribution in [-0.2, 0) is 11.3 Å². The number of carbonyl (C=O) groups excluding carboxylic acids is 2. The van der Waals surface area contributed by atoms with Crippen LogP contribution < -0.4 is 4.74 Å². The van der Waals surface area contributed by atoms with Gasteiger partial charge in [0.15, 0.2) is 0 Å². The number of halogens is 1. The average molecular weight is 467 g/mol. The number of hydrogen-bond donors (Lipinski definition) is 0. The summed E-state index contributed by atoms with van der Waals surface area (Å²) in [5, 5.41) is 0.349. The molecule has 164 valence electrons. The first-order valence-electron chi connectivity index (χ1n) is 10.3. The van der Waals surface area contributed by atoms with Crippen LogP contribution in [0.3, 0.4) is 0 Å². The Labute approximate surface area is 196 Å². The van der Waals surface area contributed by atoms with Crippen molar-refractivity contribution in [1.82, 2.24) is 9.47 Å². The fourth-order valence-electron chi connectivity index (χ4n) is 3.74. The minimum atomic E-state index is -0.277. The lowest BCUT2D eigenvalue weighted by molar-refractivity contribution is -0.123. The zero-order chi connectivity index (χ0) is 22.8. The van der Waals surface area contributed by atoms with Gasteiger partial charge in [0.1, 0.15) is 5.75 Å². The summed E-state index contributed by atoms with van der Waals surface area (Å²) >= 11 is 6.90. The topological polar surface area (TPSA) is 51.5 Å². The minimum absolute atomic E-state index is 0.227. The van der Waals surface area contributed by atoms with Gasteiger partial charge in [-0.2, -0.15) is 0 Å². The molecule has 7 heteroatoms. The van der Waals surface area contributed by atoms with Gasteiger partial charge in [0.25, 0.3) is 11.1 Å². The van der Waals surface area contributed by atoms with Crippen LogP contribution in [0.4, 0.5) is 4.79 Å². The molecule has 0 N–H and O–H groups in total. The van der Waals surface area contributed by atoms with Crippen LogP contribution in [0, 0.1) is 13.8 Å². The van der Waals surface area contributed by atoms with E-state index >= 15 is 0 Å². The molecule has 5 nitrogen and oxygen atoms in total. The SMILES string of the molecule is CCOc1ccc(-n2c(C)cc(/C=C3/SC(=O)N(Cc4ccc(Cl)cc4)C3=O)c2C)cc1. The molecule has 0 spiro atoms. The van der Waals surface area contributed by atoms with Crippen LogP contribution in [0.25, 0.3) is 11.8 Å². The average Bonchev–Trinajstić information content (AvgIpc) is 3.20. The monoisotopic (exact) mass is 466 g/mol. The van der Waals surface area contributed by atoms with Crippen LogP contribution in [0.2, 0.25) is 5.02 Å². The number of hydrogen-bond acceptors (Lipinski definition) is 4. The fraction of sp³-hybridized carbons (Fsp3) is 0.200. The van der Waals surface area contributed by atoms with E-state index in [0.29, 0.717) is 16.5 Å². The van der Waals surface area contributed by atoms with Gasteiger partial charge in [-0.3, -0.25) is 14.5 Å². The van der Waals surface area contributed by atoms with Gasteiger partial charge < -0.3 is 9.30 Å². The minimum Gasteiger partial charge on any atom is -0.494 e. The maximum Gasteiger partial charge on any atom is 0.293 e. The first kappa shape index (κ1) is 22.2. The molecule has 1 fully saturated rings. The first-order chi connectivity index (χ1) is 15.4. The normalized spacial score (nSPS) is 15.1. The van der Waals surface area contributed by atoms with Crippen molar-refractivity contribution in [2.45, 2.75) is 27.3 Å². The number of carbonyl (C=O) groups is 2. The van der Waals surface area contributed by atoms with Crippen molar-refractivity contribution in [3.05, 3.63) is 87.0 Å². The molecule has 1 aromatic heterocycles. The van der Waals surface area contributed by atoms with Crippen molar-refractivity contribution in [2.24, 2.45) is 0 Å². The second kappa shape index (κ2) is 9.27. The Hall–Kier alpha value is -2.96. The second-order valence-corrected chi connectivity index (χ2v) is 8.91. The maximum atomic E-state index is 12.9. The van der Waals surface area contributed by atoms with E-state index in [1.54, 1.807) is 18.2 Å². The molecule has 4 rings (SSSR count). The molecule has 0 atom stereocenters. The van der Waals surface area contributed by atoms with Crippen molar-refractivity contribution in [3.63, 3.8) is 0 Å². The molecule has 3 aromatic rings. The lowest BCUT2D eigenvalue weighted by Gasteiger charge is -2.12. The lowest BCUT2D eigenvalue weighted by atomic mass is 10.2. The molecule has 1 aliphatic heterocycles. The van der Waals surface area contributed by atoms with Crippen molar-refractivity contribution in [2.75, 3.05) is 6.61 Å². The summed E-state index contributed by atoms with van der Waals surface area (Å²) in [6.07, 6.45) is 1.81. The summed E-state index contributed by atoms with van der Waals surface area (Å²) in [5.41, 5.74) is 4.81. The summed E-state index contributed by atoms with van der Waals surface area (Å²) in [6.45, 7) is 6.83. The standard InChI is InChI=1S/C25H23ClN2O3S/c1-4-31-22-11-9-21(10-12-22)28-16(2)13-19(17(28)3)14-23-24(29)27(25(30)32-23)15-18-5-7-20(26)8-6-18/h5-14H,4,15H2,1-3H3/b23-14+. The van der Waals surface area contributed by atoms with Gasteiger partial charge in [-0.05, 0) is 92.2 Å². The number of thioether (sulfide) groups is 1. The van der Waals surface area contributed by atoms with Gasteiger partial charge in [0, 0.05) is 22.1 Å². The van der Waals surface area contributed by atoms with E-state index < -0.39 is 0 Å². The van der Waals surface area contributed by atoms with E-state index in [4.69, 9.17) is 16.3 Å². The molecule has 0 aliphatic carbocycles. The number of rotatable bonds is 6. The van der Waals surface area contributed by atoms with Crippen LogP contribution >= 0.6 is 23.4 Å². The highest BCUT2D eigenvalue weighted by atomic mass is 35.5. The highest BCUT2D eigenvalue weighted by molar-refractivity contribution is 8.18. The fourth-order valence-corrected chi connectivity index (χ4v) is 4.69. The van der Waals surface area contributed by atoms with Gasteiger partial charge in [0.05, 0.1) is 18.1 Å². The molecule has 1 saturated heterocycles. The van der Waals surface area contributed by atoms with Gasteiger partial charge >= 0.3 is 0 Å². The third-order valence-corrected chi connectivity index (χ3v) is 6.45. The molecule has 32 heavy (non-hydrogen) atoms. The van der Waals surface area contributed by atoms with Crippen molar-refractivity contribution >= 4 is 40.6 Å². The van der Waals surface area contributed by atoms with Crippen molar-refractivity contribution < 1.29 is 14.3 Å². The molecule has 0 saturated carbocycles. The molecule has 0 bridgehead atoms. The van der Waals surface area contributed by atoms with Crippen LogP contribution in [-0.4, -0.2) is 27.2 Å². The van der Waals surface area contributed by atoms with Gasteiger partial charge in [-0.25, -0.2) is 0 Å². The van der Waals surface area contributed by atoms with E-state index in [-0.39, 0.29) is 17.7 Å². The Morgan fingerprint density at radius 1 is 1.03 bits per heavy atom. The van der Waals surface area contributed by atoms with Crippen molar-refractivity contribution in [3.8, 4) is 11.4 Å². The Balaban J connectivity index is 1.58. The van der Waals surface area contributed by atoms with Gasteiger partial charge in [0.2, 0.25) is 0 Å². The maximum absolute atomic E-state index is 12.9. The molecule has 2 heterocycles. The number of aryl methyl sites for hydroxylation is 1. The summed E-state index contributed by atoms with van der Waals surface area (Å²) in [5.74, 6) is 0.550. The van der Waals surface area contributed by atoms with Crippen molar-refractivity contribution in [1.29, 1.82) is 0 Å². The van der Waals surface area contributed by atoms with Crippen LogP contribution in [0.15, 0.2) is 59.5 Å². The zero-order valence-corrected chi connectivity index (χ0v) is 19.7. The predicted molar refractivity (Wildman–Crippen MR) is 129 cm³/mol. The van der Waals surface area contributed by atoms with Crippen LogP contribution in [0.1, 0.15) is 29.4 Å². The molecular formula is C25H23ClN2O3S. The lowest BCUT2D eigenvalue weighted by Crippen LogP contribution is -2.27. The summed E-state index contributed by atoms with van der Waals surface area (Å²) in [4.78, 5) is 27.1. The van der Waals surface area contributed by atoms with Crippen LogP contribution in [0.5, 0.6) is 5.75 Å². The number of nitrogens with zero attached hydrogens (tertiary/aromatic N) is 2. The Morgan fingerprint density at radius 3 is 2.38 bits per heavy atom. The number of aromatic nitrogens is 1. The Bertz CT molecular complexity index is 1200. The van der Waals surface area contributed by atoms with E-state index in [1.807, 2.05) is 63.2 Å². The largest absolute Gasteiger partial charge is 0.494 e. The highest BCUT2D eigenvalue weighted by Gasteiger charge is 2.35. The third-order valence-electron chi connectivity index (χ3n) is 5.29. The predicted octanol–water partition coefficient (Wildman–Crippen LogP) is 6.38. The zero-order valence-electron chi connectivity index (χ0n) is 18.1. The summed E-state index contributed by atoms with van der Waals surface area (Å²) < 4.78 is 7.65. The molecular weight excluding hydrogens is 444 g/mol. The van der Waals surface area contributed by atoms with E-state index in [1.165, 1.54) is 4.90 Å². The number of imide groups is 1. The Kier molecular flexibility index (Phi) is 6.44. The number of benzene rings is 2. The van der Waals surface area contributed by atoms with E-state index in [9.17, 15) is 9.59 Å². The third kappa shape index (κ3) is 4.47. The summed E-state index contributed by atoms with van der Waals surface area (Å²) in [7, 11) is 0. The Morgan fingerprint density at radius 2 is 1.72 bits per heavy atom. The number of ether oxygens (including phenoxy) is 1. The smallest absolute Gasteiger partial charge is 0.293 e. The molecule has 0 radical (unpaired) electrons. The van der Waals surface area contributed by atoms with E-state index in [0.717, 1.165) is 45.7 Å². The van der Waals surface area contributed by atoms with Gasteiger partial charge in [-0.15, -0.1) is 0 Å². The first-order valence-corrected chi connectivity index (χ1v) is 11.5. The quantitative estimate of drug-likeness (QED) is 0.395. The molecule has 1 aliphatic rings. The van der Waals surface area contributed by atoms with Gasteiger partial charge in [-0.1, -0.05) is 23.7 Å². The molecule has 0 unspecified atom stereocenters. The van der Waals surface area contributed by atoms with E-state index in [2.05, 4.69) is 4.57 Å². The second-order valence-electron chi connectivity index (χ2n) is 7.48. The molecule has 2 aromatic carbocycles. The summed E-state index contributed by atoms with van der Waals surface area (Å²) in [6, 6.07) is 17.1. The highest BCUT2D eigenvalue weighted by Crippen LogP contribution is 2.35.